The predicted molar refractivity (Wildman–Crippen MR) is 148 cm³/mol. The molecule has 2 aromatic heterocycles. The van der Waals surface area contributed by atoms with Crippen molar-refractivity contribution >= 4 is 11.4 Å². The van der Waals surface area contributed by atoms with Crippen molar-refractivity contribution in [2.75, 3.05) is 27.9 Å². The zero-order valence-corrected chi connectivity index (χ0v) is 23.2. The van der Waals surface area contributed by atoms with Crippen molar-refractivity contribution < 1.29 is 23.7 Å². The Bertz CT molecular complexity index is 1480. The zero-order chi connectivity index (χ0) is 27.7. The monoisotopic (exact) mass is 530 g/mol. The lowest BCUT2D eigenvalue weighted by Gasteiger charge is -2.26. The Balaban J connectivity index is 1.39. The molecule has 0 aliphatic carbocycles. The molecule has 1 aliphatic rings. The molecule has 0 N–H and O–H groups in total. The van der Waals surface area contributed by atoms with Gasteiger partial charge >= 0.3 is 0 Å². The number of benzene rings is 2. The van der Waals surface area contributed by atoms with Gasteiger partial charge in [0.25, 0.3) is 0 Å². The summed E-state index contributed by atoms with van der Waals surface area (Å²) >= 11 is 0. The minimum atomic E-state index is -0.242. The van der Waals surface area contributed by atoms with Crippen LogP contribution in [0.15, 0.2) is 54.7 Å². The number of carbonyl (C=O) groups excluding carboxylic acids is 1. The summed E-state index contributed by atoms with van der Waals surface area (Å²) < 4.78 is 24.4. The van der Waals surface area contributed by atoms with Crippen LogP contribution in [0.5, 0.6) is 23.1 Å². The van der Waals surface area contributed by atoms with Gasteiger partial charge in [-0.2, -0.15) is 5.10 Å². The fourth-order valence-corrected chi connectivity index (χ4v) is 5.09. The number of ether oxygens (including phenoxy) is 4. The maximum atomic E-state index is 13.0. The number of likely N-dealkylation sites (tertiary alicyclic amines) is 1. The van der Waals surface area contributed by atoms with Gasteiger partial charge in [0, 0.05) is 24.4 Å². The predicted octanol–water partition coefficient (Wildman–Crippen LogP) is 5.11. The Labute approximate surface area is 228 Å². The van der Waals surface area contributed by atoms with Gasteiger partial charge in [0.05, 0.1) is 45.0 Å². The first-order valence-corrected chi connectivity index (χ1v) is 13.0. The molecule has 2 aromatic carbocycles. The van der Waals surface area contributed by atoms with E-state index in [1.165, 1.54) is 0 Å². The van der Waals surface area contributed by atoms with Crippen molar-refractivity contribution in [3.63, 3.8) is 0 Å². The highest BCUT2D eigenvalue weighted by atomic mass is 16.5. The van der Waals surface area contributed by atoms with Crippen molar-refractivity contribution in [1.82, 2.24) is 19.5 Å². The van der Waals surface area contributed by atoms with Crippen LogP contribution < -0.4 is 18.9 Å². The molecule has 39 heavy (non-hydrogen) atoms. The number of hydrogen-bond donors (Lipinski definition) is 0. The molecule has 1 fully saturated rings. The van der Waals surface area contributed by atoms with Gasteiger partial charge in [0.1, 0.15) is 17.4 Å². The molecule has 1 saturated heterocycles. The molecule has 9 nitrogen and oxygen atoms in total. The largest absolute Gasteiger partial charge is 0.497 e. The van der Waals surface area contributed by atoms with Crippen LogP contribution in [0.1, 0.15) is 37.6 Å². The lowest BCUT2D eigenvalue weighted by Crippen LogP contribution is -2.31. The molecular formula is C30H34N4O5. The maximum absolute atomic E-state index is 13.0. The van der Waals surface area contributed by atoms with Crippen LogP contribution in [0.4, 0.5) is 0 Å². The van der Waals surface area contributed by atoms with E-state index in [0.29, 0.717) is 36.0 Å². The number of carbonyl (C=O) groups is 1. The van der Waals surface area contributed by atoms with E-state index in [0.717, 1.165) is 28.1 Å². The Kier molecular flexibility index (Phi) is 7.32. The second-order valence-corrected chi connectivity index (χ2v) is 9.90. The molecule has 5 rings (SSSR count). The van der Waals surface area contributed by atoms with Crippen LogP contribution in [-0.2, 0) is 4.79 Å². The number of methoxy groups -OCH3 is 3. The van der Waals surface area contributed by atoms with Crippen molar-refractivity contribution in [3.8, 4) is 34.4 Å². The van der Waals surface area contributed by atoms with E-state index in [1.807, 2.05) is 73.5 Å². The summed E-state index contributed by atoms with van der Waals surface area (Å²) in [4.78, 5) is 19.8. The van der Waals surface area contributed by atoms with Gasteiger partial charge in [-0.25, -0.2) is 9.50 Å². The molecule has 1 aliphatic heterocycles. The minimum Gasteiger partial charge on any atom is -0.497 e. The number of amides is 1. The fraction of sp³-hybridized carbons (Fsp3) is 0.367. The molecule has 204 valence electrons. The average molecular weight is 531 g/mol. The van der Waals surface area contributed by atoms with Crippen LogP contribution in [-0.4, -0.2) is 59.4 Å². The third-order valence-corrected chi connectivity index (χ3v) is 7.44. The minimum absolute atomic E-state index is 0.0220. The topological polar surface area (TPSA) is 87.4 Å². The molecule has 1 amide bonds. The summed E-state index contributed by atoms with van der Waals surface area (Å²) in [5, 5.41) is 4.60. The highest BCUT2D eigenvalue weighted by molar-refractivity contribution is 5.79. The number of rotatable bonds is 9. The van der Waals surface area contributed by atoms with E-state index in [4.69, 9.17) is 23.9 Å². The summed E-state index contributed by atoms with van der Waals surface area (Å²) in [5.41, 5.74) is 4.23. The molecule has 0 spiro atoms. The van der Waals surface area contributed by atoms with Gasteiger partial charge < -0.3 is 23.8 Å². The van der Waals surface area contributed by atoms with Crippen LogP contribution in [0.3, 0.4) is 0 Å². The first-order valence-electron chi connectivity index (χ1n) is 13.0. The molecule has 3 heterocycles. The van der Waals surface area contributed by atoms with Crippen LogP contribution in [0.25, 0.3) is 16.8 Å². The Hall–Kier alpha value is -4.27. The quantitative estimate of drug-likeness (QED) is 0.297. The summed E-state index contributed by atoms with van der Waals surface area (Å²) in [5.74, 6) is 2.67. The van der Waals surface area contributed by atoms with Crippen molar-refractivity contribution in [2.24, 2.45) is 5.92 Å². The van der Waals surface area contributed by atoms with E-state index in [-0.39, 0.29) is 24.0 Å². The van der Waals surface area contributed by atoms with E-state index in [2.05, 4.69) is 12.0 Å². The second-order valence-electron chi connectivity index (χ2n) is 9.90. The van der Waals surface area contributed by atoms with E-state index >= 15 is 0 Å². The second kappa shape index (κ2) is 10.8. The first-order chi connectivity index (χ1) is 18.8. The Morgan fingerprint density at radius 3 is 2.38 bits per heavy atom. The number of nitrogens with zero attached hydrogens (tertiary/aromatic N) is 4. The Morgan fingerprint density at radius 1 is 0.949 bits per heavy atom. The summed E-state index contributed by atoms with van der Waals surface area (Å²) in [7, 11) is 4.85. The SMILES string of the molecule is COc1ccc([C@@H](C)N2C[C@H]([C@@H](C)Oc3nc(-c4ccc(OC)c(OC)c4)cn4nc(C)cc34)CC2=O)cc1. The molecule has 0 saturated carbocycles. The standard InChI is InChI=1S/C30H34N4O5/c1-18-13-26-30(31-25(17-34(26)32-18)22-9-12-27(37-5)28(14-22)38-6)39-20(3)23-15-29(35)33(16-23)19(2)21-7-10-24(36-4)11-8-21/h7-14,17,19-20,23H,15-16H2,1-6H3/t19-,20-,23-/m1/s1. The highest BCUT2D eigenvalue weighted by Gasteiger charge is 2.37. The molecule has 0 radical (unpaired) electrons. The third-order valence-electron chi connectivity index (χ3n) is 7.44. The van der Waals surface area contributed by atoms with Gasteiger partial charge in [-0.05, 0) is 62.7 Å². The van der Waals surface area contributed by atoms with Gasteiger partial charge in [0.15, 0.2) is 11.5 Å². The molecule has 3 atom stereocenters. The number of aromatic nitrogens is 3. The normalized spacial score (nSPS) is 16.8. The fourth-order valence-electron chi connectivity index (χ4n) is 5.09. The van der Waals surface area contributed by atoms with Gasteiger partial charge in [0.2, 0.25) is 11.8 Å². The highest BCUT2D eigenvalue weighted by Crippen LogP contribution is 2.35. The lowest BCUT2D eigenvalue weighted by atomic mass is 10.0. The third kappa shape index (κ3) is 5.21. The number of hydrogen-bond acceptors (Lipinski definition) is 7. The first kappa shape index (κ1) is 26.3. The molecular weight excluding hydrogens is 496 g/mol. The number of fused-ring (bicyclic) bond motifs is 1. The van der Waals surface area contributed by atoms with Crippen LogP contribution in [0.2, 0.25) is 0 Å². The molecule has 4 aromatic rings. The smallest absolute Gasteiger partial charge is 0.240 e. The van der Waals surface area contributed by atoms with Crippen molar-refractivity contribution in [3.05, 3.63) is 66.0 Å². The maximum Gasteiger partial charge on any atom is 0.240 e. The van der Waals surface area contributed by atoms with Crippen LogP contribution >= 0.6 is 0 Å². The van der Waals surface area contributed by atoms with Gasteiger partial charge in [-0.3, -0.25) is 4.79 Å². The van der Waals surface area contributed by atoms with E-state index < -0.39 is 0 Å². The van der Waals surface area contributed by atoms with Crippen molar-refractivity contribution in [1.29, 1.82) is 0 Å². The molecule has 0 unspecified atom stereocenters. The van der Waals surface area contributed by atoms with Crippen LogP contribution in [0, 0.1) is 12.8 Å². The van der Waals surface area contributed by atoms with Gasteiger partial charge in [-0.15, -0.1) is 0 Å². The summed E-state index contributed by atoms with van der Waals surface area (Å²) in [6, 6.07) is 15.4. The van der Waals surface area contributed by atoms with Crippen molar-refractivity contribution in [2.45, 2.75) is 39.3 Å². The number of aryl methyl sites for hydroxylation is 1. The van der Waals surface area contributed by atoms with Gasteiger partial charge in [-0.1, -0.05) is 12.1 Å². The van der Waals surface area contributed by atoms with E-state index in [9.17, 15) is 4.79 Å². The molecule has 9 heteroatoms. The average Bonchev–Trinajstić information content (AvgIpc) is 3.54. The Morgan fingerprint density at radius 2 is 1.69 bits per heavy atom. The van der Waals surface area contributed by atoms with E-state index in [1.54, 1.807) is 25.8 Å². The molecule has 0 bridgehead atoms. The lowest BCUT2D eigenvalue weighted by molar-refractivity contribution is -0.129. The summed E-state index contributed by atoms with van der Waals surface area (Å²) in [6.45, 7) is 6.60. The summed E-state index contributed by atoms with van der Waals surface area (Å²) in [6.07, 6.45) is 2.05. The zero-order valence-electron chi connectivity index (χ0n) is 23.2.